The van der Waals surface area contributed by atoms with Crippen molar-refractivity contribution in [2.75, 3.05) is 13.1 Å². The topological polar surface area (TPSA) is 118 Å². The van der Waals surface area contributed by atoms with Crippen LogP contribution in [0.1, 0.15) is 49.7 Å². The summed E-state index contributed by atoms with van der Waals surface area (Å²) in [5.41, 5.74) is 2.99. The van der Waals surface area contributed by atoms with Crippen LogP contribution in [0.2, 0.25) is 0 Å². The molecule has 3 aromatic heterocycles. The Morgan fingerprint density at radius 3 is 2.69 bits per heavy atom. The van der Waals surface area contributed by atoms with Crippen molar-refractivity contribution < 1.29 is 14.3 Å². The van der Waals surface area contributed by atoms with Crippen LogP contribution in [0.3, 0.4) is 0 Å². The Morgan fingerprint density at radius 2 is 2.00 bits per heavy atom. The smallest absolute Gasteiger partial charge is 0.410 e. The molecule has 4 heterocycles. The Kier molecular flexibility index (Phi) is 5.93. The molecule has 2 N–H and O–H groups in total. The number of piperidine rings is 1. The minimum Gasteiger partial charge on any atom is -0.444 e. The van der Waals surface area contributed by atoms with Gasteiger partial charge in [-0.1, -0.05) is 0 Å². The number of ether oxygens (including phenoxy) is 1. The second-order valence-electron chi connectivity index (χ2n) is 8.92. The fourth-order valence-electron chi connectivity index (χ4n) is 3.68. The molecule has 0 aliphatic carbocycles. The van der Waals surface area contributed by atoms with Crippen molar-refractivity contribution in [1.82, 2.24) is 35.0 Å². The molecule has 11 heteroatoms. The summed E-state index contributed by atoms with van der Waals surface area (Å²) in [4.78, 5) is 31.0. The summed E-state index contributed by atoms with van der Waals surface area (Å²) in [7, 11) is 0. The zero-order valence-corrected chi connectivity index (χ0v) is 20.1. The lowest BCUT2D eigenvalue weighted by molar-refractivity contribution is 0.0199. The van der Waals surface area contributed by atoms with Crippen LogP contribution in [0, 0.1) is 6.92 Å². The molecule has 170 valence electrons. The summed E-state index contributed by atoms with van der Waals surface area (Å²) in [6.45, 7) is 8.56. The molecule has 32 heavy (non-hydrogen) atoms. The van der Waals surface area contributed by atoms with Crippen molar-refractivity contribution in [1.29, 1.82) is 0 Å². The minimum absolute atomic E-state index is 0.0337. The SMILES string of the molecule is Cc1cc(-c2n[nH]c(C(=O)NC3CCN(C(=O)OC(C)(C)C)CC3)c2Br)cn2ncnc12. The molecule has 1 saturated heterocycles. The van der Waals surface area contributed by atoms with E-state index in [1.165, 1.54) is 6.33 Å². The number of rotatable bonds is 3. The van der Waals surface area contributed by atoms with Crippen molar-refractivity contribution >= 4 is 33.6 Å². The second-order valence-corrected chi connectivity index (χ2v) is 9.71. The van der Waals surface area contributed by atoms with Gasteiger partial charge in [-0.2, -0.15) is 10.2 Å². The van der Waals surface area contributed by atoms with Crippen LogP contribution < -0.4 is 5.32 Å². The van der Waals surface area contributed by atoms with Gasteiger partial charge in [-0.15, -0.1) is 0 Å². The van der Waals surface area contributed by atoms with Crippen molar-refractivity contribution in [2.24, 2.45) is 0 Å². The van der Waals surface area contributed by atoms with E-state index in [1.807, 2.05) is 40.0 Å². The van der Waals surface area contributed by atoms with Gasteiger partial charge in [-0.3, -0.25) is 9.89 Å². The van der Waals surface area contributed by atoms with E-state index in [0.717, 1.165) is 16.8 Å². The molecule has 10 nitrogen and oxygen atoms in total. The molecule has 1 aliphatic rings. The summed E-state index contributed by atoms with van der Waals surface area (Å²) >= 11 is 3.52. The fourth-order valence-corrected chi connectivity index (χ4v) is 4.27. The number of pyridine rings is 1. The molecule has 0 atom stereocenters. The van der Waals surface area contributed by atoms with Crippen molar-refractivity contribution in [3.8, 4) is 11.3 Å². The van der Waals surface area contributed by atoms with Crippen molar-refractivity contribution in [3.63, 3.8) is 0 Å². The van der Waals surface area contributed by atoms with Gasteiger partial charge >= 0.3 is 6.09 Å². The highest BCUT2D eigenvalue weighted by atomic mass is 79.9. The van der Waals surface area contributed by atoms with Crippen molar-refractivity contribution in [3.05, 3.63) is 34.3 Å². The zero-order chi connectivity index (χ0) is 23.0. The average molecular weight is 504 g/mol. The number of amides is 2. The number of hydrogen-bond donors (Lipinski definition) is 2. The van der Waals surface area contributed by atoms with Gasteiger partial charge in [0, 0.05) is 30.9 Å². The Bertz CT molecular complexity index is 1160. The highest BCUT2D eigenvalue weighted by molar-refractivity contribution is 9.10. The summed E-state index contributed by atoms with van der Waals surface area (Å²) in [5.74, 6) is -0.245. The number of aromatic nitrogens is 5. The van der Waals surface area contributed by atoms with Gasteiger partial charge in [0.15, 0.2) is 5.65 Å². The minimum atomic E-state index is -0.524. The maximum Gasteiger partial charge on any atom is 0.410 e. The maximum atomic E-state index is 12.9. The molecule has 3 aromatic rings. The van der Waals surface area contributed by atoms with Gasteiger partial charge < -0.3 is 15.0 Å². The highest BCUT2D eigenvalue weighted by Crippen LogP contribution is 2.30. The van der Waals surface area contributed by atoms with Crippen LogP contribution in [-0.4, -0.2) is 66.4 Å². The molecule has 0 spiro atoms. The van der Waals surface area contributed by atoms with E-state index in [0.29, 0.717) is 41.8 Å². The first-order valence-corrected chi connectivity index (χ1v) is 11.2. The number of carbonyl (C=O) groups is 2. The molecule has 2 amide bonds. The zero-order valence-electron chi connectivity index (χ0n) is 18.5. The van der Waals surface area contributed by atoms with Crippen LogP contribution in [0.25, 0.3) is 16.9 Å². The summed E-state index contributed by atoms with van der Waals surface area (Å²) in [6.07, 6.45) is 4.32. The third-order valence-electron chi connectivity index (χ3n) is 5.25. The predicted molar refractivity (Wildman–Crippen MR) is 121 cm³/mol. The van der Waals surface area contributed by atoms with Crippen molar-refractivity contribution in [2.45, 2.75) is 52.2 Å². The van der Waals surface area contributed by atoms with Gasteiger partial charge in [0.25, 0.3) is 5.91 Å². The Morgan fingerprint density at radius 1 is 1.28 bits per heavy atom. The van der Waals surface area contributed by atoms with E-state index < -0.39 is 5.60 Å². The van der Waals surface area contributed by atoms with Crippen LogP contribution in [0.15, 0.2) is 23.1 Å². The highest BCUT2D eigenvalue weighted by Gasteiger charge is 2.28. The first-order chi connectivity index (χ1) is 15.1. The molecule has 1 aliphatic heterocycles. The fraction of sp³-hybridized carbons (Fsp3) is 0.476. The van der Waals surface area contributed by atoms with Crippen LogP contribution in [-0.2, 0) is 4.74 Å². The lowest BCUT2D eigenvalue weighted by Crippen LogP contribution is -2.47. The molecule has 0 bridgehead atoms. The quantitative estimate of drug-likeness (QED) is 0.565. The number of H-pyrrole nitrogens is 1. The third-order valence-corrected chi connectivity index (χ3v) is 6.02. The summed E-state index contributed by atoms with van der Waals surface area (Å²) in [6, 6.07) is 1.92. The van der Waals surface area contributed by atoms with E-state index in [9.17, 15) is 9.59 Å². The number of hydrogen-bond acceptors (Lipinski definition) is 6. The van der Waals surface area contributed by atoms with E-state index in [2.05, 4.69) is 41.5 Å². The number of nitrogens with zero attached hydrogens (tertiary/aromatic N) is 5. The van der Waals surface area contributed by atoms with E-state index in [4.69, 9.17) is 4.74 Å². The van der Waals surface area contributed by atoms with Crippen LogP contribution >= 0.6 is 15.9 Å². The van der Waals surface area contributed by atoms with E-state index >= 15 is 0 Å². The van der Waals surface area contributed by atoms with E-state index in [-0.39, 0.29) is 18.0 Å². The monoisotopic (exact) mass is 503 g/mol. The van der Waals surface area contributed by atoms with Gasteiger partial charge in [-0.05, 0) is 68.1 Å². The van der Waals surface area contributed by atoms with Gasteiger partial charge in [0.2, 0.25) is 0 Å². The number of aromatic amines is 1. The Labute approximate surface area is 193 Å². The molecular formula is C21H26BrN7O3. The van der Waals surface area contributed by atoms with Gasteiger partial charge in [0.1, 0.15) is 23.3 Å². The molecule has 4 rings (SSSR count). The number of halogens is 1. The first-order valence-electron chi connectivity index (χ1n) is 10.5. The normalized spacial score (nSPS) is 15.2. The Balaban J connectivity index is 1.41. The second kappa shape index (κ2) is 8.53. The molecule has 0 aromatic carbocycles. The predicted octanol–water partition coefficient (Wildman–Crippen LogP) is 3.32. The number of fused-ring (bicyclic) bond motifs is 1. The lowest BCUT2D eigenvalue weighted by Gasteiger charge is -2.33. The van der Waals surface area contributed by atoms with E-state index in [1.54, 1.807) is 9.42 Å². The van der Waals surface area contributed by atoms with Gasteiger partial charge in [0.05, 0.1) is 4.47 Å². The third kappa shape index (κ3) is 4.62. The first kappa shape index (κ1) is 22.3. The molecule has 0 radical (unpaired) electrons. The summed E-state index contributed by atoms with van der Waals surface area (Å²) < 4.78 is 7.69. The van der Waals surface area contributed by atoms with Crippen LogP contribution in [0.4, 0.5) is 4.79 Å². The van der Waals surface area contributed by atoms with Gasteiger partial charge in [-0.25, -0.2) is 14.3 Å². The molecular weight excluding hydrogens is 478 g/mol. The number of likely N-dealkylation sites (tertiary alicyclic amines) is 1. The lowest BCUT2D eigenvalue weighted by atomic mass is 10.1. The number of nitrogens with one attached hydrogen (secondary N) is 2. The molecule has 1 fully saturated rings. The Hall–Kier alpha value is -2.95. The largest absolute Gasteiger partial charge is 0.444 e. The number of aryl methyl sites for hydroxylation is 1. The maximum absolute atomic E-state index is 12.9. The number of carbonyl (C=O) groups excluding carboxylic acids is 2. The summed E-state index contributed by atoms with van der Waals surface area (Å²) in [5, 5.41) is 14.4. The standard InChI is InChI=1S/C21H26BrN7O3/c1-12-9-13(10-29-18(12)23-11-24-29)16-15(22)17(27-26-16)19(30)25-14-5-7-28(8-6-14)20(31)32-21(2,3)4/h9-11,14H,5-8H2,1-4H3,(H,25,30)(H,26,27). The molecule has 0 unspecified atom stereocenters. The van der Waals surface area contributed by atoms with Crippen LogP contribution in [0.5, 0.6) is 0 Å². The molecule has 0 saturated carbocycles. The average Bonchev–Trinajstić information content (AvgIpc) is 3.34.